The summed E-state index contributed by atoms with van der Waals surface area (Å²) in [5.74, 6) is 0. The minimum absolute atomic E-state index is 0. The van der Waals surface area contributed by atoms with E-state index in [1.165, 1.54) is 37.9 Å². The monoisotopic (exact) mass is 576 g/mol. The molecule has 1 heterocycles. The van der Waals surface area contributed by atoms with E-state index in [1.54, 1.807) is 12.1 Å². The second kappa shape index (κ2) is 11.3. The third-order valence-electron chi connectivity index (χ3n) is 4.35. The zero-order chi connectivity index (χ0) is 16.1. The van der Waals surface area contributed by atoms with E-state index in [4.69, 9.17) is 0 Å². The van der Waals surface area contributed by atoms with Crippen molar-refractivity contribution in [3.8, 4) is 0 Å². The maximum atomic E-state index is 10.3. The Balaban J connectivity index is 0.00000156. The van der Waals surface area contributed by atoms with Crippen LogP contribution in [0.4, 0.5) is 0 Å². The first kappa shape index (κ1) is 22.6. The van der Waals surface area contributed by atoms with Crippen LogP contribution in [0.3, 0.4) is 0 Å². The van der Waals surface area contributed by atoms with Crippen molar-refractivity contribution in [3.05, 3.63) is 82.1 Å². The second-order valence-corrected chi connectivity index (χ2v) is 6.10. The van der Waals surface area contributed by atoms with Gasteiger partial charge in [0.25, 0.3) is 0 Å². The van der Waals surface area contributed by atoms with Gasteiger partial charge in [-0.05, 0) is 42.6 Å². The van der Waals surface area contributed by atoms with Crippen LogP contribution in [0.25, 0.3) is 10.8 Å². The largest absolute Gasteiger partial charge is 0.804 e. The molecule has 0 aromatic heterocycles. The van der Waals surface area contributed by atoms with Gasteiger partial charge in [-0.25, -0.2) is 0 Å². The van der Waals surface area contributed by atoms with Gasteiger partial charge in [0.05, 0.1) is 0 Å². The molecule has 1 radical (unpaired) electrons. The summed E-state index contributed by atoms with van der Waals surface area (Å²) in [5.41, 5.74) is 2.31. The third-order valence-corrected chi connectivity index (χ3v) is 4.35. The molecule has 0 bridgehead atoms. The maximum Gasteiger partial charge on any atom is 0.0233 e. The molecule has 0 spiro atoms. The fourth-order valence-electron chi connectivity index (χ4n) is 3.01. The molecule has 2 aromatic rings. The molecule has 25 heavy (non-hydrogen) atoms. The number of rotatable bonds is 5. The number of piperidine rings is 1. The van der Waals surface area contributed by atoms with E-state index in [9.17, 15) is 10.8 Å². The van der Waals surface area contributed by atoms with Gasteiger partial charge in [-0.15, -0.1) is 0 Å². The van der Waals surface area contributed by atoms with E-state index in [2.05, 4.69) is 4.90 Å². The van der Waals surface area contributed by atoms with Crippen LogP contribution < -0.4 is 0 Å². The van der Waals surface area contributed by atoms with Gasteiger partial charge in [-0.3, -0.25) is 4.90 Å². The first-order valence-corrected chi connectivity index (χ1v) is 8.23. The molecule has 0 aliphatic carbocycles. The van der Waals surface area contributed by atoms with Crippen LogP contribution in [-0.2, 0) is 60.3 Å². The van der Waals surface area contributed by atoms with E-state index < -0.39 is 0 Å². The molecule has 1 fully saturated rings. The SMILES string of the molecule is [N-]=C(C(=[N-])c1ccc(CN2CCCCC2)cc1)c1ccccc1.[W].[Y]. The maximum absolute atomic E-state index is 10.3. The predicted molar refractivity (Wildman–Crippen MR) is 96.9 cm³/mol. The Kier molecular flexibility index (Phi) is 10.2. The zero-order valence-electron chi connectivity index (χ0n) is 14.3. The summed E-state index contributed by atoms with van der Waals surface area (Å²) in [7, 11) is 0. The zero-order valence-corrected chi connectivity index (χ0v) is 20.0. The second-order valence-electron chi connectivity index (χ2n) is 6.10. The van der Waals surface area contributed by atoms with E-state index >= 15 is 0 Å². The summed E-state index contributed by atoms with van der Waals surface area (Å²) >= 11 is 0. The van der Waals surface area contributed by atoms with Crippen LogP contribution in [0.2, 0.25) is 0 Å². The molecule has 0 N–H and O–H groups in total. The van der Waals surface area contributed by atoms with Crippen LogP contribution in [0.1, 0.15) is 36.0 Å². The number of nitrogens with zero attached hydrogens (tertiary/aromatic N) is 3. The summed E-state index contributed by atoms with van der Waals surface area (Å²) in [6.07, 6.45) is 3.91. The van der Waals surface area contributed by atoms with Crippen molar-refractivity contribution < 1.29 is 53.8 Å². The average molecular weight is 576 g/mol. The van der Waals surface area contributed by atoms with Crippen molar-refractivity contribution in [1.29, 1.82) is 0 Å². The van der Waals surface area contributed by atoms with Crippen molar-refractivity contribution in [2.24, 2.45) is 0 Å². The summed E-state index contributed by atoms with van der Waals surface area (Å²) in [5, 5.41) is 20.5. The summed E-state index contributed by atoms with van der Waals surface area (Å²) in [4.78, 5) is 2.47. The molecular formula is C20H21N3WY-2. The van der Waals surface area contributed by atoms with Crippen LogP contribution in [0, 0.1) is 0 Å². The minimum Gasteiger partial charge on any atom is -0.804 e. The van der Waals surface area contributed by atoms with E-state index in [-0.39, 0.29) is 65.2 Å². The van der Waals surface area contributed by atoms with Crippen LogP contribution >= 0.6 is 0 Å². The van der Waals surface area contributed by atoms with E-state index in [0.29, 0.717) is 11.1 Å². The van der Waals surface area contributed by atoms with Crippen molar-refractivity contribution in [2.75, 3.05) is 13.1 Å². The van der Waals surface area contributed by atoms with Gasteiger partial charge in [0, 0.05) is 60.3 Å². The van der Waals surface area contributed by atoms with Gasteiger partial charge in [0.1, 0.15) is 0 Å². The van der Waals surface area contributed by atoms with Gasteiger partial charge in [0.15, 0.2) is 0 Å². The quantitative estimate of drug-likeness (QED) is 0.496. The first-order valence-electron chi connectivity index (χ1n) is 8.23. The first-order chi connectivity index (χ1) is 11.2. The molecular weight excluding hydrogens is 555 g/mol. The number of hydrogen-bond donors (Lipinski definition) is 0. The molecule has 0 unspecified atom stereocenters. The molecule has 1 saturated heterocycles. The van der Waals surface area contributed by atoms with E-state index in [1.807, 2.05) is 42.5 Å². The number of likely N-dealkylation sites (tertiary alicyclic amines) is 1. The molecule has 2 aromatic carbocycles. The Bertz CT molecular complexity index is 680. The molecule has 0 amide bonds. The van der Waals surface area contributed by atoms with Crippen molar-refractivity contribution in [2.45, 2.75) is 25.8 Å². The standard InChI is InChI=1S/C20H21N3.W.Y/c21-19(17-7-3-1-4-8-17)20(22)18-11-9-16(10-12-18)15-23-13-5-2-6-14-23;;/h1,3-4,7-12H,2,5-6,13-15H2;;/q-2;;. The molecule has 1 aliphatic rings. The smallest absolute Gasteiger partial charge is 0.0233 e. The normalized spacial score (nSPS) is 14.1. The molecule has 0 saturated carbocycles. The average Bonchev–Trinajstić information content (AvgIpc) is 2.63. The Morgan fingerprint density at radius 3 is 1.84 bits per heavy atom. The Hall–Kier alpha value is -0.468. The molecule has 5 heteroatoms. The van der Waals surface area contributed by atoms with Crippen molar-refractivity contribution in [3.63, 3.8) is 0 Å². The fourth-order valence-corrected chi connectivity index (χ4v) is 3.01. The third kappa shape index (κ3) is 6.33. The fraction of sp³-hybridized carbons (Fsp3) is 0.300. The molecule has 0 atom stereocenters. The van der Waals surface area contributed by atoms with Crippen LogP contribution in [-0.4, -0.2) is 29.4 Å². The van der Waals surface area contributed by atoms with Gasteiger partial charge < -0.3 is 10.8 Å². The summed E-state index contributed by atoms with van der Waals surface area (Å²) < 4.78 is 0. The molecule has 1 aliphatic heterocycles. The van der Waals surface area contributed by atoms with Crippen molar-refractivity contribution >= 4 is 11.4 Å². The van der Waals surface area contributed by atoms with Gasteiger partial charge in [-0.1, -0.05) is 61.0 Å². The Morgan fingerprint density at radius 2 is 1.28 bits per heavy atom. The van der Waals surface area contributed by atoms with Gasteiger partial charge in [0.2, 0.25) is 0 Å². The summed E-state index contributed by atoms with van der Waals surface area (Å²) in [6, 6.07) is 16.9. The van der Waals surface area contributed by atoms with Crippen LogP contribution in [0.15, 0.2) is 54.6 Å². The minimum atomic E-state index is -0.0885. The van der Waals surface area contributed by atoms with Crippen LogP contribution in [0.5, 0.6) is 0 Å². The summed E-state index contributed by atoms with van der Waals surface area (Å²) in [6.45, 7) is 3.29. The molecule has 127 valence electrons. The van der Waals surface area contributed by atoms with Gasteiger partial charge in [-0.2, -0.15) is 11.4 Å². The Labute approximate surface area is 189 Å². The van der Waals surface area contributed by atoms with Crippen molar-refractivity contribution in [1.82, 2.24) is 4.90 Å². The number of benzene rings is 2. The Morgan fingerprint density at radius 1 is 0.760 bits per heavy atom. The van der Waals surface area contributed by atoms with E-state index in [0.717, 1.165) is 6.54 Å². The topological polar surface area (TPSA) is 47.8 Å². The molecule has 3 rings (SSSR count). The number of hydrogen-bond acceptors (Lipinski definition) is 1. The van der Waals surface area contributed by atoms with Gasteiger partial charge >= 0.3 is 0 Å². The molecule has 3 nitrogen and oxygen atoms in total. The predicted octanol–water partition coefficient (Wildman–Crippen LogP) is 4.08.